The maximum absolute atomic E-state index is 5.55. The molecule has 1 aromatic rings. The highest BCUT2D eigenvalue weighted by Crippen LogP contribution is 2.31. The Morgan fingerprint density at radius 3 is 2.71 bits per heavy atom. The maximum atomic E-state index is 5.55. The molecule has 0 amide bonds. The van der Waals surface area contributed by atoms with Gasteiger partial charge in [-0.1, -0.05) is 13.8 Å². The average Bonchev–Trinajstić information content (AvgIpc) is 2.63. The van der Waals surface area contributed by atoms with Crippen LogP contribution in [-0.2, 0) is 11.3 Å². The number of ether oxygens (including phenoxy) is 1. The largest absolute Gasteiger partial charge is 0.380 e. The van der Waals surface area contributed by atoms with Crippen LogP contribution in [0.4, 0.5) is 5.13 Å². The number of hydrogen-bond donors (Lipinski definition) is 1. The standard InChI is InChI=1S/C16H29N3OS/c1-12(2)14-13(11-17-16(3,4)5)21-15(18-14)19-7-6-9-20-10-8-19/h12,17H,6-11H2,1-5H3. The second-order valence-corrected chi connectivity index (χ2v) is 8.08. The molecule has 1 aliphatic rings. The van der Waals surface area contributed by atoms with Gasteiger partial charge in [0.2, 0.25) is 0 Å². The monoisotopic (exact) mass is 311 g/mol. The molecule has 0 saturated carbocycles. The number of aromatic nitrogens is 1. The predicted molar refractivity (Wildman–Crippen MR) is 90.4 cm³/mol. The number of nitrogens with zero attached hydrogens (tertiary/aromatic N) is 2. The van der Waals surface area contributed by atoms with Crippen molar-refractivity contribution in [1.29, 1.82) is 0 Å². The Balaban J connectivity index is 2.15. The van der Waals surface area contributed by atoms with Gasteiger partial charge < -0.3 is 15.0 Å². The molecule has 120 valence electrons. The Kier molecular flexibility index (Phi) is 5.63. The van der Waals surface area contributed by atoms with E-state index in [-0.39, 0.29) is 5.54 Å². The topological polar surface area (TPSA) is 37.4 Å². The molecule has 0 aromatic carbocycles. The quantitative estimate of drug-likeness (QED) is 0.925. The lowest BCUT2D eigenvalue weighted by molar-refractivity contribution is 0.152. The molecular formula is C16H29N3OS. The van der Waals surface area contributed by atoms with Crippen LogP contribution in [-0.4, -0.2) is 36.8 Å². The van der Waals surface area contributed by atoms with E-state index in [1.54, 1.807) is 0 Å². The van der Waals surface area contributed by atoms with Crippen LogP contribution in [0.2, 0.25) is 0 Å². The molecule has 0 aliphatic carbocycles. The molecule has 1 aromatic heterocycles. The molecule has 1 aliphatic heterocycles. The highest BCUT2D eigenvalue weighted by molar-refractivity contribution is 7.15. The summed E-state index contributed by atoms with van der Waals surface area (Å²) >= 11 is 1.84. The van der Waals surface area contributed by atoms with Gasteiger partial charge in [-0.15, -0.1) is 11.3 Å². The first-order valence-corrected chi connectivity index (χ1v) is 8.76. The van der Waals surface area contributed by atoms with Crippen LogP contribution in [0.3, 0.4) is 0 Å². The van der Waals surface area contributed by atoms with Crippen LogP contribution in [0.25, 0.3) is 0 Å². The molecule has 21 heavy (non-hydrogen) atoms. The molecule has 0 bridgehead atoms. The van der Waals surface area contributed by atoms with Gasteiger partial charge in [-0.25, -0.2) is 4.98 Å². The molecule has 2 rings (SSSR count). The summed E-state index contributed by atoms with van der Waals surface area (Å²) < 4.78 is 5.55. The third kappa shape index (κ3) is 4.94. The molecule has 0 spiro atoms. The van der Waals surface area contributed by atoms with Crippen molar-refractivity contribution >= 4 is 16.5 Å². The Labute approximate surface area is 132 Å². The molecule has 0 atom stereocenters. The van der Waals surface area contributed by atoms with Gasteiger partial charge in [0.25, 0.3) is 0 Å². The molecule has 1 saturated heterocycles. The SMILES string of the molecule is CC(C)c1nc(N2CCCOCC2)sc1CNC(C)(C)C. The van der Waals surface area contributed by atoms with Crippen LogP contribution in [0.1, 0.15) is 57.5 Å². The van der Waals surface area contributed by atoms with Crippen LogP contribution >= 0.6 is 11.3 Å². The Morgan fingerprint density at radius 2 is 2.05 bits per heavy atom. The van der Waals surface area contributed by atoms with Gasteiger partial charge in [0.1, 0.15) is 0 Å². The van der Waals surface area contributed by atoms with Crippen molar-refractivity contribution in [3.05, 3.63) is 10.6 Å². The molecule has 5 heteroatoms. The summed E-state index contributed by atoms with van der Waals surface area (Å²) in [4.78, 5) is 8.68. The van der Waals surface area contributed by atoms with Gasteiger partial charge in [0.15, 0.2) is 5.13 Å². The highest BCUT2D eigenvalue weighted by Gasteiger charge is 2.20. The first kappa shape index (κ1) is 16.7. The fourth-order valence-electron chi connectivity index (χ4n) is 2.35. The van der Waals surface area contributed by atoms with E-state index in [9.17, 15) is 0 Å². The second kappa shape index (κ2) is 7.07. The van der Waals surface area contributed by atoms with E-state index in [4.69, 9.17) is 9.72 Å². The van der Waals surface area contributed by atoms with Gasteiger partial charge in [-0.3, -0.25) is 0 Å². The summed E-state index contributed by atoms with van der Waals surface area (Å²) in [6.45, 7) is 15.7. The number of anilines is 1. The molecule has 0 radical (unpaired) electrons. The van der Waals surface area contributed by atoms with Gasteiger partial charge in [-0.05, 0) is 33.1 Å². The lowest BCUT2D eigenvalue weighted by Gasteiger charge is -2.20. The van der Waals surface area contributed by atoms with Crippen LogP contribution < -0.4 is 10.2 Å². The second-order valence-electron chi connectivity index (χ2n) is 7.02. The summed E-state index contributed by atoms with van der Waals surface area (Å²) in [6.07, 6.45) is 1.09. The summed E-state index contributed by atoms with van der Waals surface area (Å²) in [5.74, 6) is 0.468. The number of thiazole rings is 1. The van der Waals surface area contributed by atoms with Crippen LogP contribution in [0.15, 0.2) is 0 Å². The van der Waals surface area contributed by atoms with E-state index in [0.717, 1.165) is 44.4 Å². The molecule has 1 N–H and O–H groups in total. The summed E-state index contributed by atoms with van der Waals surface area (Å²) in [5, 5.41) is 4.75. The third-order valence-electron chi connectivity index (χ3n) is 3.54. The van der Waals surface area contributed by atoms with Gasteiger partial charge in [0.05, 0.1) is 12.3 Å². The first-order valence-electron chi connectivity index (χ1n) is 7.94. The lowest BCUT2D eigenvalue weighted by Crippen LogP contribution is -2.35. The number of rotatable bonds is 4. The van der Waals surface area contributed by atoms with Crippen LogP contribution in [0.5, 0.6) is 0 Å². The fraction of sp³-hybridized carbons (Fsp3) is 0.812. The van der Waals surface area contributed by atoms with Crippen molar-refractivity contribution in [2.45, 2.75) is 59.0 Å². The van der Waals surface area contributed by atoms with Gasteiger partial charge >= 0.3 is 0 Å². The minimum Gasteiger partial charge on any atom is -0.380 e. The molecular weight excluding hydrogens is 282 g/mol. The van der Waals surface area contributed by atoms with E-state index in [0.29, 0.717) is 5.92 Å². The van der Waals surface area contributed by atoms with E-state index in [2.05, 4.69) is 44.8 Å². The summed E-state index contributed by atoms with van der Waals surface area (Å²) in [7, 11) is 0. The smallest absolute Gasteiger partial charge is 0.185 e. The maximum Gasteiger partial charge on any atom is 0.185 e. The van der Waals surface area contributed by atoms with Crippen molar-refractivity contribution in [2.75, 3.05) is 31.2 Å². The third-order valence-corrected chi connectivity index (χ3v) is 4.67. The van der Waals surface area contributed by atoms with Gasteiger partial charge in [0, 0.05) is 36.7 Å². The minimum atomic E-state index is 0.134. The van der Waals surface area contributed by atoms with E-state index < -0.39 is 0 Å². The van der Waals surface area contributed by atoms with Crippen LogP contribution in [0, 0.1) is 0 Å². The summed E-state index contributed by atoms with van der Waals surface area (Å²) in [6, 6.07) is 0. The first-order chi connectivity index (χ1) is 9.87. The molecule has 4 nitrogen and oxygen atoms in total. The Bertz CT molecular complexity index is 443. The highest BCUT2D eigenvalue weighted by atomic mass is 32.1. The van der Waals surface area contributed by atoms with E-state index in [1.165, 1.54) is 10.6 Å². The zero-order valence-corrected chi connectivity index (χ0v) is 14.8. The van der Waals surface area contributed by atoms with Crippen molar-refractivity contribution in [2.24, 2.45) is 0 Å². The van der Waals surface area contributed by atoms with Crippen molar-refractivity contribution < 1.29 is 4.74 Å². The molecule has 0 unspecified atom stereocenters. The zero-order chi connectivity index (χ0) is 15.5. The number of hydrogen-bond acceptors (Lipinski definition) is 5. The average molecular weight is 311 g/mol. The van der Waals surface area contributed by atoms with Crippen molar-refractivity contribution in [3.8, 4) is 0 Å². The van der Waals surface area contributed by atoms with Crippen molar-refractivity contribution in [1.82, 2.24) is 10.3 Å². The molecule has 1 fully saturated rings. The predicted octanol–water partition coefficient (Wildman–Crippen LogP) is 3.38. The summed E-state index contributed by atoms with van der Waals surface area (Å²) in [5.41, 5.74) is 1.38. The molecule has 2 heterocycles. The van der Waals surface area contributed by atoms with E-state index >= 15 is 0 Å². The lowest BCUT2D eigenvalue weighted by atomic mass is 10.1. The Hall–Kier alpha value is -0.650. The normalized spacial score (nSPS) is 17.3. The minimum absolute atomic E-state index is 0.134. The Morgan fingerprint density at radius 1 is 1.29 bits per heavy atom. The zero-order valence-electron chi connectivity index (χ0n) is 14.0. The van der Waals surface area contributed by atoms with E-state index in [1.807, 2.05) is 11.3 Å². The fourth-order valence-corrected chi connectivity index (χ4v) is 3.55. The van der Waals surface area contributed by atoms with Gasteiger partial charge in [-0.2, -0.15) is 0 Å². The number of nitrogens with one attached hydrogen (secondary N) is 1. The van der Waals surface area contributed by atoms with Crippen molar-refractivity contribution in [3.63, 3.8) is 0 Å².